The lowest BCUT2D eigenvalue weighted by Gasteiger charge is -2.09. The molecule has 0 saturated heterocycles. The van der Waals surface area contributed by atoms with E-state index in [1.807, 2.05) is 0 Å². The number of carboxylic acid groups (broad SMARTS) is 2. The van der Waals surface area contributed by atoms with Crippen LogP contribution in [0.1, 0.15) is 18.5 Å². The number of nitrogens with one attached hydrogen (secondary N) is 1. The molecule has 3 atom stereocenters. The van der Waals surface area contributed by atoms with Crippen molar-refractivity contribution in [3.63, 3.8) is 0 Å². The highest BCUT2D eigenvalue weighted by Crippen LogP contribution is 1.98. The summed E-state index contributed by atoms with van der Waals surface area (Å²) in [4.78, 5) is 26.9. The summed E-state index contributed by atoms with van der Waals surface area (Å²) in [6.07, 6.45) is 3.29. The molecule has 0 bridgehead atoms. The zero-order valence-electron chi connectivity index (χ0n) is 12.1. The molecule has 0 aliphatic rings. The lowest BCUT2D eigenvalue weighted by Crippen LogP contribution is -2.32. The number of hydrogen-bond acceptors (Lipinski definition) is 7. The molecule has 10 nitrogen and oxygen atoms in total. The summed E-state index contributed by atoms with van der Waals surface area (Å²) >= 11 is 0. The van der Waals surface area contributed by atoms with Crippen molar-refractivity contribution < 1.29 is 24.9 Å². The van der Waals surface area contributed by atoms with Gasteiger partial charge in [-0.25, -0.2) is 4.98 Å². The second-order valence-corrected chi connectivity index (χ2v) is 4.64. The first kappa shape index (κ1) is 20.0. The van der Waals surface area contributed by atoms with Gasteiger partial charge in [-0.3, -0.25) is 9.59 Å². The van der Waals surface area contributed by atoms with Crippen molar-refractivity contribution >= 4 is 11.9 Å². The maximum atomic E-state index is 10.3. The number of rotatable bonds is 8. The minimum Gasteiger partial charge on any atom is -0.480 e. The van der Waals surface area contributed by atoms with Crippen LogP contribution in [0.5, 0.6) is 0 Å². The van der Waals surface area contributed by atoms with Crippen LogP contribution in [0, 0.1) is 0 Å². The normalized spacial score (nSPS) is 14.4. The zero-order chi connectivity index (χ0) is 17.1. The van der Waals surface area contributed by atoms with E-state index in [-0.39, 0.29) is 19.4 Å². The third-order valence-electron chi connectivity index (χ3n) is 2.71. The molecule has 1 aromatic heterocycles. The van der Waals surface area contributed by atoms with Gasteiger partial charge in [0.2, 0.25) is 0 Å². The molecule has 0 saturated carbocycles. The fourth-order valence-electron chi connectivity index (χ4n) is 1.33. The zero-order valence-corrected chi connectivity index (χ0v) is 12.1. The number of aliphatic hydroxyl groups is 1. The van der Waals surface area contributed by atoms with E-state index in [1.165, 1.54) is 6.33 Å². The lowest BCUT2D eigenvalue weighted by molar-refractivity contribution is -0.139. The molecule has 1 heterocycles. The molecule has 22 heavy (non-hydrogen) atoms. The number of aliphatic carboxylic acids is 2. The van der Waals surface area contributed by atoms with Crippen LogP contribution < -0.4 is 17.2 Å². The van der Waals surface area contributed by atoms with Gasteiger partial charge in [0.05, 0.1) is 12.4 Å². The van der Waals surface area contributed by atoms with E-state index >= 15 is 0 Å². The predicted molar refractivity (Wildman–Crippen MR) is 77.8 cm³/mol. The summed E-state index contributed by atoms with van der Waals surface area (Å²) in [6, 6.07) is -1.74. The van der Waals surface area contributed by atoms with Gasteiger partial charge in [-0.1, -0.05) is 0 Å². The van der Waals surface area contributed by atoms with E-state index in [0.29, 0.717) is 6.42 Å². The highest BCUT2D eigenvalue weighted by molar-refractivity contribution is 5.73. The molecule has 0 radical (unpaired) electrons. The lowest BCUT2D eigenvalue weighted by atomic mass is 10.1. The molecule has 10 heteroatoms. The molecule has 0 aliphatic heterocycles. The van der Waals surface area contributed by atoms with Crippen LogP contribution in [-0.4, -0.2) is 62.0 Å². The first-order valence-corrected chi connectivity index (χ1v) is 6.60. The number of H-pyrrole nitrogens is 1. The number of carbonyl (C=O) groups is 2. The summed E-state index contributed by atoms with van der Waals surface area (Å²) in [7, 11) is 0. The monoisotopic (exact) mass is 317 g/mol. The first-order chi connectivity index (χ1) is 10.3. The van der Waals surface area contributed by atoms with E-state index in [0.717, 1.165) is 5.69 Å². The molecule has 1 rings (SSSR count). The van der Waals surface area contributed by atoms with Crippen LogP contribution in [0.4, 0.5) is 0 Å². The van der Waals surface area contributed by atoms with Gasteiger partial charge in [0.25, 0.3) is 0 Å². The van der Waals surface area contributed by atoms with Gasteiger partial charge in [0.15, 0.2) is 0 Å². The van der Waals surface area contributed by atoms with Crippen LogP contribution in [-0.2, 0) is 16.0 Å². The minimum atomic E-state index is -1.05. The van der Waals surface area contributed by atoms with Crippen LogP contribution in [0.15, 0.2) is 12.5 Å². The van der Waals surface area contributed by atoms with Crippen molar-refractivity contribution in [2.45, 2.75) is 37.5 Å². The maximum Gasteiger partial charge on any atom is 0.320 e. The van der Waals surface area contributed by atoms with Crippen molar-refractivity contribution in [1.82, 2.24) is 9.97 Å². The summed E-state index contributed by atoms with van der Waals surface area (Å²) in [6.45, 7) is 0.145. The number of aromatic nitrogens is 2. The van der Waals surface area contributed by atoms with Crippen LogP contribution in [0.2, 0.25) is 0 Å². The van der Waals surface area contributed by atoms with Gasteiger partial charge in [0, 0.05) is 24.9 Å². The van der Waals surface area contributed by atoms with E-state index in [2.05, 4.69) is 9.97 Å². The molecule has 0 spiro atoms. The van der Waals surface area contributed by atoms with Gasteiger partial charge in [-0.15, -0.1) is 0 Å². The third kappa shape index (κ3) is 9.02. The first-order valence-electron chi connectivity index (χ1n) is 6.60. The average Bonchev–Trinajstić information content (AvgIpc) is 2.97. The van der Waals surface area contributed by atoms with E-state index in [9.17, 15) is 9.59 Å². The number of imidazole rings is 1. The molecular weight excluding hydrogens is 294 g/mol. The summed E-state index contributed by atoms with van der Waals surface area (Å²) < 4.78 is 0. The Morgan fingerprint density at radius 1 is 1.18 bits per heavy atom. The quantitative estimate of drug-likeness (QED) is 0.279. The smallest absolute Gasteiger partial charge is 0.320 e. The van der Waals surface area contributed by atoms with Crippen LogP contribution in [0.3, 0.4) is 0 Å². The maximum absolute atomic E-state index is 10.3. The fraction of sp³-hybridized carbons (Fsp3) is 0.583. The Labute approximate surface area is 127 Å². The molecule has 126 valence electrons. The summed E-state index contributed by atoms with van der Waals surface area (Å²) in [5.74, 6) is -2.05. The molecule has 0 aliphatic carbocycles. The predicted octanol–water partition coefficient (Wildman–Crippen LogP) is -2.14. The number of hydrogen-bond donors (Lipinski definition) is 7. The molecule has 0 aromatic carbocycles. The van der Waals surface area contributed by atoms with Crippen LogP contribution in [0.25, 0.3) is 0 Å². The standard InChI is InChI=1S/C6H9N3O2.C6H14N2O3/c7-5(6(10)11)1-4-2-8-3-9-4;7-3-4(9)1-2-5(8)6(10)11/h2-3,5H,1,7H2,(H,8,9)(H,10,11);4-5,9H,1-3,7-8H2,(H,10,11)/t5-;4?,5-/m00/s1. The second kappa shape index (κ2) is 10.7. The Morgan fingerprint density at radius 3 is 2.18 bits per heavy atom. The second-order valence-electron chi connectivity index (χ2n) is 4.64. The SMILES string of the molecule is NCC(O)CC[C@H](N)C(=O)O.N[C@@H](Cc1cnc[nH]1)C(=O)O. The summed E-state index contributed by atoms with van der Waals surface area (Å²) in [5, 5.41) is 25.7. The number of nitrogens with two attached hydrogens (primary N) is 3. The van der Waals surface area contributed by atoms with E-state index in [1.54, 1.807) is 6.20 Å². The van der Waals surface area contributed by atoms with E-state index < -0.39 is 30.1 Å². The summed E-state index contributed by atoms with van der Waals surface area (Å²) in [5.41, 5.74) is 16.3. The van der Waals surface area contributed by atoms with Crippen molar-refractivity contribution in [2.24, 2.45) is 17.2 Å². The highest BCUT2D eigenvalue weighted by Gasteiger charge is 2.13. The molecule has 1 aromatic rings. The molecular formula is C12H23N5O5. The Bertz CT molecular complexity index is 439. The van der Waals surface area contributed by atoms with Gasteiger partial charge in [-0.2, -0.15) is 0 Å². The largest absolute Gasteiger partial charge is 0.480 e. The topological polar surface area (TPSA) is 202 Å². The number of nitrogens with zero attached hydrogens (tertiary/aromatic N) is 1. The minimum absolute atomic E-state index is 0.145. The fourth-order valence-corrected chi connectivity index (χ4v) is 1.33. The number of aliphatic hydroxyl groups excluding tert-OH is 1. The van der Waals surface area contributed by atoms with E-state index in [4.69, 9.17) is 32.5 Å². The highest BCUT2D eigenvalue weighted by atomic mass is 16.4. The Kier molecular flexibility index (Phi) is 9.70. The van der Waals surface area contributed by atoms with Gasteiger partial charge < -0.3 is 37.5 Å². The third-order valence-corrected chi connectivity index (χ3v) is 2.71. The molecule has 0 fully saturated rings. The Balaban J connectivity index is 0.000000401. The number of aromatic amines is 1. The van der Waals surface area contributed by atoms with Gasteiger partial charge in [-0.05, 0) is 12.8 Å². The van der Waals surface area contributed by atoms with Crippen molar-refractivity contribution in [1.29, 1.82) is 0 Å². The van der Waals surface area contributed by atoms with Crippen molar-refractivity contribution in [3.8, 4) is 0 Å². The molecule has 0 amide bonds. The number of carboxylic acids is 2. The molecule has 1 unspecified atom stereocenters. The van der Waals surface area contributed by atoms with Crippen molar-refractivity contribution in [2.75, 3.05) is 6.54 Å². The average molecular weight is 317 g/mol. The molecule has 10 N–H and O–H groups in total. The Morgan fingerprint density at radius 2 is 1.77 bits per heavy atom. The van der Waals surface area contributed by atoms with Crippen molar-refractivity contribution in [3.05, 3.63) is 18.2 Å². The van der Waals surface area contributed by atoms with Gasteiger partial charge >= 0.3 is 11.9 Å². The Hall–Kier alpha value is -2.01. The van der Waals surface area contributed by atoms with Gasteiger partial charge in [0.1, 0.15) is 12.1 Å². The van der Waals surface area contributed by atoms with Crippen LogP contribution >= 0.6 is 0 Å².